The lowest BCUT2D eigenvalue weighted by Crippen LogP contribution is -2.39. The lowest BCUT2D eigenvalue weighted by molar-refractivity contribution is -0.129. The molecule has 0 aromatic heterocycles. The number of rotatable bonds is 5. The van der Waals surface area contributed by atoms with Crippen LogP contribution >= 0.6 is 0 Å². The normalized spacial score (nSPS) is 17.1. The van der Waals surface area contributed by atoms with E-state index >= 15 is 0 Å². The molecule has 1 N–H and O–H groups in total. The zero-order valence-corrected chi connectivity index (χ0v) is 12.6. The van der Waals surface area contributed by atoms with Crippen LogP contribution in [0.15, 0.2) is 24.3 Å². The van der Waals surface area contributed by atoms with Crippen LogP contribution in [0, 0.1) is 5.92 Å². The number of likely N-dealkylation sites (tertiary alicyclic amines) is 1. The maximum absolute atomic E-state index is 11.9. The molecule has 0 unspecified atom stereocenters. The molecule has 1 aliphatic heterocycles. The van der Waals surface area contributed by atoms with Crippen molar-refractivity contribution in [2.75, 3.05) is 33.4 Å². The summed E-state index contributed by atoms with van der Waals surface area (Å²) >= 11 is 0. The molecule has 2 rings (SSSR count). The van der Waals surface area contributed by atoms with Crippen LogP contribution in [0.1, 0.15) is 6.42 Å². The fourth-order valence-corrected chi connectivity index (χ4v) is 2.35. The van der Waals surface area contributed by atoms with Gasteiger partial charge in [0.1, 0.15) is 20.1 Å². The predicted molar refractivity (Wildman–Crippen MR) is 82.4 cm³/mol. The predicted octanol–water partition coefficient (Wildman–Crippen LogP) is 0.0637. The average molecular weight is 302 g/mol. The second-order valence-electron chi connectivity index (χ2n) is 5.22. The summed E-state index contributed by atoms with van der Waals surface area (Å²) in [5, 5.41) is 2.39. The number of methoxy groups -OCH3 is 1. The lowest BCUT2D eigenvalue weighted by Gasteiger charge is -2.17. The highest BCUT2D eigenvalue weighted by Gasteiger charge is 2.26. The Balaban J connectivity index is 1.73. The van der Waals surface area contributed by atoms with Gasteiger partial charge in [-0.3, -0.25) is 4.79 Å². The first-order valence-electron chi connectivity index (χ1n) is 7.16. The Kier molecular flexibility index (Phi) is 5.69. The van der Waals surface area contributed by atoms with E-state index in [0.717, 1.165) is 12.2 Å². The molecule has 1 fully saturated rings. The summed E-state index contributed by atoms with van der Waals surface area (Å²) in [5.74, 6) is 0.900. The minimum absolute atomic E-state index is 0.0462. The first-order valence-corrected chi connectivity index (χ1v) is 7.16. The molecule has 2 radical (unpaired) electrons. The van der Waals surface area contributed by atoms with Crippen LogP contribution in [0.5, 0.6) is 5.75 Å². The van der Waals surface area contributed by atoms with E-state index in [9.17, 15) is 9.59 Å². The number of hydrogen-bond acceptors (Lipinski definition) is 4. The van der Waals surface area contributed by atoms with Gasteiger partial charge in [-0.05, 0) is 18.6 Å². The van der Waals surface area contributed by atoms with Crippen molar-refractivity contribution in [1.82, 2.24) is 10.2 Å². The van der Waals surface area contributed by atoms with Gasteiger partial charge in [-0.25, -0.2) is 4.79 Å². The van der Waals surface area contributed by atoms with Crippen molar-refractivity contribution in [3.63, 3.8) is 0 Å². The molecule has 6 nitrogen and oxygen atoms in total. The van der Waals surface area contributed by atoms with E-state index < -0.39 is 6.09 Å². The van der Waals surface area contributed by atoms with Gasteiger partial charge in [0, 0.05) is 19.0 Å². The molecule has 1 aromatic rings. The van der Waals surface area contributed by atoms with Gasteiger partial charge >= 0.3 is 6.09 Å². The van der Waals surface area contributed by atoms with E-state index in [1.165, 1.54) is 7.11 Å². The molecular formula is C15H19BN2O4. The third kappa shape index (κ3) is 4.68. The monoisotopic (exact) mass is 302 g/mol. The van der Waals surface area contributed by atoms with Crippen molar-refractivity contribution in [1.29, 1.82) is 0 Å². The fourth-order valence-electron chi connectivity index (χ4n) is 2.35. The van der Waals surface area contributed by atoms with Crippen LogP contribution in [-0.2, 0) is 9.53 Å². The third-order valence-corrected chi connectivity index (χ3v) is 3.55. The molecule has 0 saturated carbocycles. The van der Waals surface area contributed by atoms with Gasteiger partial charge in [0.15, 0.2) is 0 Å². The number of benzene rings is 1. The molecule has 1 aliphatic rings. The van der Waals surface area contributed by atoms with Gasteiger partial charge in [0.25, 0.3) is 0 Å². The summed E-state index contributed by atoms with van der Waals surface area (Å²) in [6.45, 7) is 1.80. The number of hydrogen-bond donors (Lipinski definition) is 1. The smallest absolute Gasteiger partial charge is 0.407 e. The van der Waals surface area contributed by atoms with Crippen molar-refractivity contribution >= 4 is 25.3 Å². The maximum atomic E-state index is 11.9. The van der Waals surface area contributed by atoms with E-state index in [0.29, 0.717) is 25.2 Å². The molecule has 1 heterocycles. The SMILES string of the molecule is [B]c1cccc(OC[C@@H]2CCN(C(=O)CNC(=O)OC)C2)c1. The van der Waals surface area contributed by atoms with Crippen molar-refractivity contribution in [2.45, 2.75) is 6.42 Å². The molecule has 2 amide bonds. The maximum Gasteiger partial charge on any atom is 0.407 e. The van der Waals surface area contributed by atoms with Crippen molar-refractivity contribution in [2.24, 2.45) is 5.92 Å². The molecular weight excluding hydrogens is 283 g/mol. The number of nitrogens with one attached hydrogen (secondary N) is 1. The molecule has 22 heavy (non-hydrogen) atoms. The molecule has 116 valence electrons. The first kappa shape index (κ1) is 16.2. The second-order valence-corrected chi connectivity index (χ2v) is 5.22. The number of carbonyl (C=O) groups excluding carboxylic acids is 2. The highest BCUT2D eigenvalue weighted by atomic mass is 16.5. The standard InChI is InChI=1S/C15H19BN2O4/c1-21-15(20)17-8-14(19)18-6-5-11(9-18)10-22-13-4-2-3-12(16)7-13/h2-4,7,11H,5-6,8-10H2,1H3,(H,17,20)/t11-/m1/s1. The zero-order chi connectivity index (χ0) is 15.9. The Bertz CT molecular complexity index is 538. The van der Waals surface area contributed by atoms with E-state index in [-0.39, 0.29) is 18.4 Å². The zero-order valence-electron chi connectivity index (χ0n) is 12.6. The molecule has 1 aromatic carbocycles. The summed E-state index contributed by atoms with van der Waals surface area (Å²) in [5.41, 5.74) is 0.662. The van der Waals surface area contributed by atoms with E-state index in [1.54, 1.807) is 17.0 Å². The van der Waals surface area contributed by atoms with E-state index in [1.807, 2.05) is 12.1 Å². The van der Waals surface area contributed by atoms with Gasteiger partial charge in [0.2, 0.25) is 5.91 Å². The Morgan fingerprint density at radius 1 is 1.45 bits per heavy atom. The highest BCUT2D eigenvalue weighted by Crippen LogP contribution is 2.18. The van der Waals surface area contributed by atoms with Crippen molar-refractivity contribution in [3.05, 3.63) is 24.3 Å². The van der Waals surface area contributed by atoms with Crippen molar-refractivity contribution < 1.29 is 19.1 Å². The largest absolute Gasteiger partial charge is 0.493 e. The Morgan fingerprint density at radius 2 is 2.27 bits per heavy atom. The summed E-state index contributed by atoms with van der Waals surface area (Å²) < 4.78 is 10.1. The lowest BCUT2D eigenvalue weighted by atomic mass is 9.96. The summed E-state index contributed by atoms with van der Waals surface area (Å²) in [7, 11) is 6.96. The third-order valence-electron chi connectivity index (χ3n) is 3.55. The minimum atomic E-state index is -0.603. The topological polar surface area (TPSA) is 67.9 Å². The quantitative estimate of drug-likeness (QED) is 0.781. The summed E-state index contributed by atoms with van der Waals surface area (Å²) in [4.78, 5) is 24.6. The molecule has 0 bridgehead atoms. The van der Waals surface area contributed by atoms with Gasteiger partial charge in [-0.2, -0.15) is 0 Å². The van der Waals surface area contributed by atoms with Crippen LogP contribution in [0.4, 0.5) is 4.79 Å². The number of nitrogens with zero attached hydrogens (tertiary/aromatic N) is 1. The average Bonchev–Trinajstić information content (AvgIpc) is 2.99. The van der Waals surface area contributed by atoms with Crippen LogP contribution in [0.25, 0.3) is 0 Å². The second kappa shape index (κ2) is 7.73. The van der Waals surface area contributed by atoms with Gasteiger partial charge in [-0.15, -0.1) is 0 Å². The van der Waals surface area contributed by atoms with Gasteiger partial charge < -0.3 is 19.7 Å². The Hall–Kier alpha value is -2.18. The fraction of sp³-hybridized carbons (Fsp3) is 0.467. The Morgan fingerprint density at radius 3 is 3.00 bits per heavy atom. The molecule has 1 atom stereocenters. The van der Waals surface area contributed by atoms with Crippen LogP contribution in [0.3, 0.4) is 0 Å². The van der Waals surface area contributed by atoms with Crippen LogP contribution in [-0.4, -0.2) is 58.1 Å². The van der Waals surface area contributed by atoms with Gasteiger partial charge in [0.05, 0.1) is 13.7 Å². The number of alkyl carbamates (subject to hydrolysis) is 1. The molecule has 1 saturated heterocycles. The van der Waals surface area contributed by atoms with E-state index in [4.69, 9.17) is 12.6 Å². The molecule has 0 spiro atoms. The van der Waals surface area contributed by atoms with E-state index in [2.05, 4.69) is 10.1 Å². The highest BCUT2D eigenvalue weighted by molar-refractivity contribution is 6.32. The van der Waals surface area contributed by atoms with Crippen LogP contribution in [0.2, 0.25) is 0 Å². The first-order chi connectivity index (χ1) is 10.6. The summed E-state index contributed by atoms with van der Waals surface area (Å²) in [6.07, 6.45) is 0.279. The summed E-state index contributed by atoms with van der Waals surface area (Å²) in [6, 6.07) is 7.28. The number of ether oxygens (including phenoxy) is 2. The molecule has 0 aliphatic carbocycles. The van der Waals surface area contributed by atoms with Gasteiger partial charge in [-0.1, -0.05) is 17.6 Å². The number of amides is 2. The van der Waals surface area contributed by atoms with Crippen molar-refractivity contribution in [3.8, 4) is 5.75 Å². The molecule has 7 heteroatoms. The number of carbonyl (C=O) groups is 2. The minimum Gasteiger partial charge on any atom is -0.493 e. The van der Waals surface area contributed by atoms with Crippen LogP contribution < -0.4 is 15.5 Å². The Labute approximate surface area is 131 Å².